The molecule has 0 spiro atoms. The van der Waals surface area contributed by atoms with Crippen molar-refractivity contribution in [3.63, 3.8) is 0 Å². The third kappa shape index (κ3) is 4.09. The first-order chi connectivity index (χ1) is 9.58. The second kappa shape index (κ2) is 6.91. The molecule has 1 nitrogen and oxygen atoms in total. The Hall–Kier alpha value is -1.32. The van der Waals surface area contributed by atoms with Crippen molar-refractivity contribution in [1.82, 2.24) is 0 Å². The van der Waals surface area contributed by atoms with E-state index in [2.05, 4.69) is 32.0 Å². The predicted molar refractivity (Wildman–Crippen MR) is 83.7 cm³/mol. The van der Waals surface area contributed by atoms with Crippen molar-refractivity contribution in [2.75, 3.05) is 0 Å². The molecule has 0 amide bonds. The number of benzene rings is 2. The van der Waals surface area contributed by atoms with Gasteiger partial charge in [-0.1, -0.05) is 24.8 Å². The standard InChI is InChI=1S/C17H20FNS/c1-3-15(19)11-13-4-7-17(10-12(13)2)20-16-8-5-14(18)6-9-16/h4-10,15H,3,11,19H2,1-2H3. The quantitative estimate of drug-likeness (QED) is 0.873. The number of halogens is 1. The highest BCUT2D eigenvalue weighted by atomic mass is 32.2. The van der Waals surface area contributed by atoms with E-state index in [1.807, 2.05) is 0 Å². The van der Waals surface area contributed by atoms with Crippen LogP contribution in [0.15, 0.2) is 52.3 Å². The van der Waals surface area contributed by atoms with Gasteiger partial charge >= 0.3 is 0 Å². The lowest BCUT2D eigenvalue weighted by atomic mass is 10.0. The minimum atomic E-state index is -0.200. The SMILES string of the molecule is CCC(N)Cc1ccc(Sc2ccc(F)cc2)cc1C. The van der Waals surface area contributed by atoms with Crippen LogP contribution in [0.2, 0.25) is 0 Å². The van der Waals surface area contributed by atoms with Crippen LogP contribution in [0.1, 0.15) is 24.5 Å². The number of aryl methyl sites for hydroxylation is 1. The first-order valence-corrected chi connectivity index (χ1v) is 7.68. The van der Waals surface area contributed by atoms with Crippen molar-refractivity contribution in [2.45, 2.75) is 42.5 Å². The summed E-state index contributed by atoms with van der Waals surface area (Å²) in [6.07, 6.45) is 1.91. The highest BCUT2D eigenvalue weighted by Crippen LogP contribution is 2.29. The molecule has 2 aromatic rings. The summed E-state index contributed by atoms with van der Waals surface area (Å²) >= 11 is 1.65. The van der Waals surface area contributed by atoms with Gasteiger partial charge in [0.1, 0.15) is 5.82 Å². The van der Waals surface area contributed by atoms with Gasteiger partial charge in [0.15, 0.2) is 0 Å². The molecule has 1 atom stereocenters. The summed E-state index contributed by atoms with van der Waals surface area (Å²) in [7, 11) is 0. The predicted octanol–water partition coefficient (Wildman–Crippen LogP) is 4.57. The fourth-order valence-corrected chi connectivity index (χ4v) is 2.94. The van der Waals surface area contributed by atoms with Crippen molar-refractivity contribution in [2.24, 2.45) is 5.73 Å². The Morgan fingerprint density at radius 1 is 1.10 bits per heavy atom. The molecule has 0 fully saturated rings. The molecule has 1 unspecified atom stereocenters. The summed E-state index contributed by atoms with van der Waals surface area (Å²) in [6.45, 7) is 4.23. The highest BCUT2D eigenvalue weighted by Gasteiger charge is 2.06. The summed E-state index contributed by atoms with van der Waals surface area (Å²) in [6, 6.07) is 13.2. The van der Waals surface area contributed by atoms with Crippen LogP contribution in [-0.2, 0) is 6.42 Å². The van der Waals surface area contributed by atoms with Crippen LogP contribution in [0.3, 0.4) is 0 Å². The summed E-state index contributed by atoms with van der Waals surface area (Å²) in [4.78, 5) is 2.21. The number of hydrogen-bond acceptors (Lipinski definition) is 2. The Morgan fingerprint density at radius 2 is 1.75 bits per heavy atom. The van der Waals surface area contributed by atoms with Gasteiger partial charge in [0.05, 0.1) is 0 Å². The number of nitrogens with two attached hydrogens (primary N) is 1. The molecule has 0 radical (unpaired) electrons. The molecule has 0 saturated carbocycles. The van der Waals surface area contributed by atoms with E-state index in [0.717, 1.165) is 17.7 Å². The van der Waals surface area contributed by atoms with Gasteiger partial charge in [-0.25, -0.2) is 4.39 Å². The molecule has 3 heteroatoms. The third-order valence-electron chi connectivity index (χ3n) is 3.37. The fraction of sp³-hybridized carbons (Fsp3) is 0.294. The van der Waals surface area contributed by atoms with Crippen LogP contribution in [-0.4, -0.2) is 6.04 Å². The smallest absolute Gasteiger partial charge is 0.123 e. The Labute approximate surface area is 124 Å². The molecule has 0 saturated heterocycles. The molecule has 0 bridgehead atoms. The lowest BCUT2D eigenvalue weighted by Gasteiger charge is -2.12. The number of rotatable bonds is 5. The van der Waals surface area contributed by atoms with Gasteiger partial charge in [0, 0.05) is 15.8 Å². The monoisotopic (exact) mass is 289 g/mol. The maximum absolute atomic E-state index is 12.9. The van der Waals surface area contributed by atoms with Crippen LogP contribution in [0, 0.1) is 12.7 Å². The molecule has 0 aliphatic rings. The molecular formula is C17H20FNS. The lowest BCUT2D eigenvalue weighted by molar-refractivity contribution is 0.626. The molecule has 0 aromatic heterocycles. The molecule has 0 heterocycles. The van der Waals surface area contributed by atoms with E-state index in [1.165, 1.54) is 28.2 Å². The average Bonchev–Trinajstić information content (AvgIpc) is 2.44. The third-order valence-corrected chi connectivity index (χ3v) is 4.37. The first-order valence-electron chi connectivity index (χ1n) is 6.87. The lowest BCUT2D eigenvalue weighted by Crippen LogP contribution is -2.21. The van der Waals surface area contributed by atoms with E-state index >= 15 is 0 Å². The summed E-state index contributed by atoms with van der Waals surface area (Å²) in [5.74, 6) is -0.200. The van der Waals surface area contributed by atoms with Crippen molar-refractivity contribution in [3.05, 3.63) is 59.4 Å². The Bertz CT molecular complexity index is 566. The fourth-order valence-electron chi connectivity index (χ4n) is 2.03. The van der Waals surface area contributed by atoms with Gasteiger partial charge in [0.25, 0.3) is 0 Å². The zero-order chi connectivity index (χ0) is 14.5. The van der Waals surface area contributed by atoms with Gasteiger partial charge in [-0.15, -0.1) is 0 Å². The summed E-state index contributed by atoms with van der Waals surface area (Å²) in [5, 5.41) is 0. The minimum Gasteiger partial charge on any atom is -0.327 e. The normalized spacial score (nSPS) is 12.4. The van der Waals surface area contributed by atoms with Crippen LogP contribution < -0.4 is 5.73 Å². The van der Waals surface area contributed by atoms with E-state index in [0.29, 0.717) is 0 Å². The largest absolute Gasteiger partial charge is 0.327 e. The molecule has 20 heavy (non-hydrogen) atoms. The van der Waals surface area contributed by atoms with E-state index in [1.54, 1.807) is 23.9 Å². The van der Waals surface area contributed by atoms with Crippen LogP contribution >= 0.6 is 11.8 Å². The van der Waals surface area contributed by atoms with Gasteiger partial charge in [-0.3, -0.25) is 0 Å². The van der Waals surface area contributed by atoms with Gasteiger partial charge in [-0.05, 0) is 67.3 Å². The maximum atomic E-state index is 12.9. The second-order valence-electron chi connectivity index (χ2n) is 5.02. The van der Waals surface area contributed by atoms with E-state index in [4.69, 9.17) is 5.73 Å². The molecule has 2 aromatic carbocycles. The van der Waals surface area contributed by atoms with Crippen molar-refractivity contribution >= 4 is 11.8 Å². The maximum Gasteiger partial charge on any atom is 0.123 e. The van der Waals surface area contributed by atoms with Crippen molar-refractivity contribution in [1.29, 1.82) is 0 Å². The second-order valence-corrected chi connectivity index (χ2v) is 6.16. The van der Waals surface area contributed by atoms with Crippen LogP contribution in [0.4, 0.5) is 4.39 Å². The topological polar surface area (TPSA) is 26.0 Å². The molecule has 0 aliphatic heterocycles. The Balaban J connectivity index is 2.10. The van der Waals surface area contributed by atoms with E-state index in [9.17, 15) is 4.39 Å². The molecular weight excluding hydrogens is 269 g/mol. The van der Waals surface area contributed by atoms with E-state index < -0.39 is 0 Å². The number of hydrogen-bond donors (Lipinski definition) is 1. The molecule has 2 N–H and O–H groups in total. The first kappa shape index (κ1) is 15.1. The van der Waals surface area contributed by atoms with Gasteiger partial charge in [-0.2, -0.15) is 0 Å². The van der Waals surface area contributed by atoms with Gasteiger partial charge in [0.2, 0.25) is 0 Å². The average molecular weight is 289 g/mol. The zero-order valence-electron chi connectivity index (χ0n) is 11.9. The zero-order valence-corrected chi connectivity index (χ0v) is 12.7. The Morgan fingerprint density at radius 3 is 2.35 bits per heavy atom. The van der Waals surface area contributed by atoms with Gasteiger partial charge < -0.3 is 5.73 Å². The van der Waals surface area contributed by atoms with Crippen LogP contribution in [0.5, 0.6) is 0 Å². The molecule has 0 aliphatic carbocycles. The molecule has 2 rings (SSSR count). The van der Waals surface area contributed by atoms with Crippen LogP contribution in [0.25, 0.3) is 0 Å². The van der Waals surface area contributed by atoms with E-state index in [-0.39, 0.29) is 11.9 Å². The Kier molecular flexibility index (Phi) is 5.21. The highest BCUT2D eigenvalue weighted by molar-refractivity contribution is 7.99. The molecule has 106 valence electrons. The minimum absolute atomic E-state index is 0.200. The summed E-state index contributed by atoms with van der Waals surface area (Å²) < 4.78 is 12.9. The van der Waals surface area contributed by atoms with Crippen molar-refractivity contribution in [3.8, 4) is 0 Å². The van der Waals surface area contributed by atoms with Crippen molar-refractivity contribution < 1.29 is 4.39 Å². The summed E-state index contributed by atoms with van der Waals surface area (Å²) in [5.41, 5.74) is 8.58.